The van der Waals surface area contributed by atoms with E-state index in [-0.39, 0.29) is 12.1 Å². The van der Waals surface area contributed by atoms with Crippen LogP contribution in [-0.2, 0) is 12.8 Å². The maximum atomic E-state index is 12.2. The van der Waals surface area contributed by atoms with E-state index in [1.54, 1.807) is 7.11 Å². The zero-order valence-electron chi connectivity index (χ0n) is 14.0. The minimum atomic E-state index is -0.223. The quantitative estimate of drug-likeness (QED) is 0.905. The Hall–Kier alpha value is -2.69. The molecule has 2 amide bonds. The van der Waals surface area contributed by atoms with Crippen molar-refractivity contribution in [3.05, 3.63) is 53.6 Å². The Morgan fingerprint density at radius 3 is 2.75 bits per heavy atom. The number of nitrogens with one attached hydrogen (secondary N) is 2. The highest BCUT2D eigenvalue weighted by Gasteiger charge is 2.22. The molecule has 1 aliphatic heterocycles. The first kappa shape index (κ1) is 16.2. The van der Waals surface area contributed by atoms with Gasteiger partial charge in [-0.2, -0.15) is 0 Å². The Morgan fingerprint density at radius 2 is 2.04 bits per heavy atom. The van der Waals surface area contributed by atoms with Crippen LogP contribution < -0.4 is 20.1 Å². The number of anilines is 1. The van der Waals surface area contributed by atoms with Crippen molar-refractivity contribution < 1.29 is 14.3 Å². The third-order valence-electron chi connectivity index (χ3n) is 4.13. The summed E-state index contributed by atoms with van der Waals surface area (Å²) >= 11 is 0. The maximum Gasteiger partial charge on any atom is 0.319 e. The van der Waals surface area contributed by atoms with Crippen LogP contribution in [0.1, 0.15) is 18.1 Å². The number of fused-ring (bicyclic) bond motifs is 1. The summed E-state index contributed by atoms with van der Waals surface area (Å²) in [5, 5.41) is 5.82. The SMILES string of the molecule is CCc1ccc(NC(=O)NC2COc3ccc(OC)cc3C2)cc1. The Balaban J connectivity index is 1.58. The molecule has 0 bridgehead atoms. The van der Waals surface area contributed by atoms with Gasteiger partial charge in [-0.25, -0.2) is 4.79 Å². The highest BCUT2D eigenvalue weighted by atomic mass is 16.5. The fourth-order valence-electron chi connectivity index (χ4n) is 2.77. The van der Waals surface area contributed by atoms with Crippen molar-refractivity contribution in [1.29, 1.82) is 0 Å². The third kappa shape index (κ3) is 3.79. The number of hydrogen-bond acceptors (Lipinski definition) is 3. The molecule has 1 unspecified atom stereocenters. The fraction of sp³-hybridized carbons (Fsp3) is 0.316. The van der Waals surface area contributed by atoms with Gasteiger partial charge in [0.15, 0.2) is 0 Å². The summed E-state index contributed by atoms with van der Waals surface area (Å²) in [6, 6.07) is 13.3. The van der Waals surface area contributed by atoms with E-state index >= 15 is 0 Å². The summed E-state index contributed by atoms with van der Waals surface area (Å²) in [4.78, 5) is 12.2. The largest absolute Gasteiger partial charge is 0.497 e. The monoisotopic (exact) mass is 326 g/mol. The van der Waals surface area contributed by atoms with E-state index in [1.165, 1.54) is 5.56 Å². The van der Waals surface area contributed by atoms with E-state index in [9.17, 15) is 4.79 Å². The summed E-state index contributed by atoms with van der Waals surface area (Å²) in [5.74, 6) is 1.64. The van der Waals surface area contributed by atoms with Gasteiger partial charge >= 0.3 is 6.03 Å². The lowest BCUT2D eigenvalue weighted by Gasteiger charge is -2.26. The number of aryl methyl sites for hydroxylation is 1. The number of methoxy groups -OCH3 is 1. The van der Waals surface area contributed by atoms with Gasteiger partial charge in [0.1, 0.15) is 18.1 Å². The first-order valence-electron chi connectivity index (χ1n) is 8.14. The van der Waals surface area contributed by atoms with Crippen LogP contribution in [0, 0.1) is 0 Å². The van der Waals surface area contributed by atoms with Crippen LogP contribution in [0.25, 0.3) is 0 Å². The van der Waals surface area contributed by atoms with Gasteiger partial charge in [0.2, 0.25) is 0 Å². The van der Waals surface area contributed by atoms with Crippen LogP contribution in [-0.4, -0.2) is 25.8 Å². The molecule has 2 aromatic rings. The molecule has 1 atom stereocenters. The number of ether oxygens (including phenoxy) is 2. The molecule has 2 N–H and O–H groups in total. The molecule has 0 aliphatic carbocycles. The van der Waals surface area contributed by atoms with E-state index in [0.29, 0.717) is 13.0 Å². The number of amides is 2. The van der Waals surface area contributed by atoms with Crippen molar-refractivity contribution in [2.45, 2.75) is 25.8 Å². The number of urea groups is 1. The van der Waals surface area contributed by atoms with E-state index in [0.717, 1.165) is 29.2 Å². The second kappa shape index (κ2) is 7.25. The molecule has 1 heterocycles. The van der Waals surface area contributed by atoms with Crippen LogP contribution in [0.3, 0.4) is 0 Å². The molecule has 0 saturated carbocycles. The molecule has 0 aromatic heterocycles. The number of benzene rings is 2. The average Bonchev–Trinajstić information content (AvgIpc) is 2.61. The van der Waals surface area contributed by atoms with Crippen molar-refractivity contribution in [3.8, 4) is 11.5 Å². The molecule has 3 rings (SSSR count). The van der Waals surface area contributed by atoms with E-state index in [4.69, 9.17) is 9.47 Å². The van der Waals surface area contributed by atoms with Crippen molar-refractivity contribution >= 4 is 11.7 Å². The fourth-order valence-corrected chi connectivity index (χ4v) is 2.77. The Morgan fingerprint density at radius 1 is 1.25 bits per heavy atom. The summed E-state index contributed by atoms with van der Waals surface area (Å²) in [7, 11) is 1.64. The van der Waals surface area contributed by atoms with Gasteiger partial charge in [-0.3, -0.25) is 0 Å². The van der Waals surface area contributed by atoms with Gasteiger partial charge in [-0.1, -0.05) is 19.1 Å². The van der Waals surface area contributed by atoms with Crippen LogP contribution in [0.5, 0.6) is 11.5 Å². The van der Waals surface area contributed by atoms with Gasteiger partial charge in [-0.15, -0.1) is 0 Å². The molecule has 0 radical (unpaired) electrons. The first-order chi connectivity index (χ1) is 11.7. The Kier molecular flexibility index (Phi) is 4.89. The lowest BCUT2D eigenvalue weighted by atomic mass is 10.0. The average molecular weight is 326 g/mol. The molecule has 2 aromatic carbocycles. The summed E-state index contributed by atoms with van der Waals surface area (Å²) in [6.07, 6.45) is 1.70. The van der Waals surface area contributed by atoms with Gasteiger partial charge in [0.25, 0.3) is 0 Å². The summed E-state index contributed by atoms with van der Waals surface area (Å²) < 4.78 is 11.0. The zero-order valence-corrected chi connectivity index (χ0v) is 14.0. The lowest BCUT2D eigenvalue weighted by Crippen LogP contribution is -2.44. The summed E-state index contributed by atoms with van der Waals surface area (Å²) in [5.41, 5.74) is 3.06. The smallest absolute Gasteiger partial charge is 0.319 e. The van der Waals surface area contributed by atoms with Crippen LogP contribution in [0.2, 0.25) is 0 Å². The second-order valence-corrected chi connectivity index (χ2v) is 5.83. The minimum absolute atomic E-state index is 0.0699. The second-order valence-electron chi connectivity index (χ2n) is 5.83. The number of carbonyl (C=O) groups excluding carboxylic acids is 1. The van der Waals surface area contributed by atoms with Crippen molar-refractivity contribution in [2.75, 3.05) is 19.0 Å². The maximum absolute atomic E-state index is 12.2. The van der Waals surface area contributed by atoms with Crippen molar-refractivity contribution in [3.63, 3.8) is 0 Å². The predicted molar refractivity (Wildman–Crippen MR) is 94.0 cm³/mol. The third-order valence-corrected chi connectivity index (χ3v) is 4.13. The van der Waals surface area contributed by atoms with Crippen LogP contribution >= 0.6 is 0 Å². The van der Waals surface area contributed by atoms with E-state index in [2.05, 4.69) is 17.6 Å². The molecule has 5 nitrogen and oxygen atoms in total. The zero-order chi connectivity index (χ0) is 16.9. The molecule has 24 heavy (non-hydrogen) atoms. The molecule has 0 fully saturated rings. The number of carbonyl (C=O) groups is 1. The molecule has 0 saturated heterocycles. The van der Waals surface area contributed by atoms with Crippen LogP contribution in [0.4, 0.5) is 10.5 Å². The van der Waals surface area contributed by atoms with Crippen molar-refractivity contribution in [2.24, 2.45) is 0 Å². The van der Waals surface area contributed by atoms with Gasteiger partial charge < -0.3 is 20.1 Å². The minimum Gasteiger partial charge on any atom is -0.497 e. The standard InChI is InChI=1S/C19H22N2O3/c1-3-13-4-6-15(7-5-13)20-19(22)21-16-10-14-11-17(23-2)8-9-18(14)24-12-16/h4-9,11,16H,3,10,12H2,1-2H3,(H2,20,21,22). The summed E-state index contributed by atoms with van der Waals surface area (Å²) in [6.45, 7) is 2.56. The Labute approximate surface area is 142 Å². The highest BCUT2D eigenvalue weighted by Crippen LogP contribution is 2.28. The molecular formula is C19H22N2O3. The molecule has 0 spiro atoms. The topological polar surface area (TPSA) is 59.6 Å². The first-order valence-corrected chi connectivity index (χ1v) is 8.14. The molecule has 5 heteroatoms. The predicted octanol–water partition coefficient (Wildman–Crippen LogP) is 3.38. The van der Waals surface area contributed by atoms with Crippen molar-refractivity contribution in [1.82, 2.24) is 5.32 Å². The number of hydrogen-bond donors (Lipinski definition) is 2. The number of rotatable bonds is 4. The van der Waals surface area contributed by atoms with E-state index < -0.39 is 0 Å². The molecule has 126 valence electrons. The highest BCUT2D eigenvalue weighted by molar-refractivity contribution is 5.89. The lowest BCUT2D eigenvalue weighted by molar-refractivity contribution is 0.222. The van der Waals surface area contributed by atoms with Crippen LogP contribution in [0.15, 0.2) is 42.5 Å². The van der Waals surface area contributed by atoms with Gasteiger partial charge in [0, 0.05) is 5.69 Å². The van der Waals surface area contributed by atoms with Gasteiger partial charge in [0.05, 0.1) is 13.2 Å². The molecular weight excluding hydrogens is 304 g/mol. The van der Waals surface area contributed by atoms with Gasteiger partial charge in [-0.05, 0) is 54.3 Å². The molecule has 1 aliphatic rings. The normalized spacial score (nSPS) is 15.8. The Bertz CT molecular complexity index is 713. The van der Waals surface area contributed by atoms with E-state index in [1.807, 2.05) is 42.5 Å².